The predicted octanol–water partition coefficient (Wildman–Crippen LogP) is 13.4. The summed E-state index contributed by atoms with van der Waals surface area (Å²) in [5.74, 6) is 2.66. The number of pyridine rings is 2. The minimum Gasteiger partial charge on any atom is -0.454 e. The van der Waals surface area contributed by atoms with Crippen LogP contribution in [-0.4, -0.2) is 34.1 Å². The van der Waals surface area contributed by atoms with Gasteiger partial charge in [-0.1, -0.05) is 115 Å². The maximum absolute atomic E-state index is 6.06. The number of hydrogen-bond acceptors (Lipinski definition) is 6. The molecule has 0 N–H and O–H groups in total. The number of rotatable bonds is 6. The Bertz CT molecular complexity index is 3870. The highest BCUT2D eigenvalue weighted by Gasteiger charge is 2.20. The zero-order valence-electron chi connectivity index (χ0n) is 33.6. The summed E-state index contributed by atoms with van der Waals surface area (Å²) in [5.41, 5.74) is 12.6. The van der Waals surface area contributed by atoms with Gasteiger partial charge in [0.25, 0.3) is 0 Å². The maximum Gasteiger partial charge on any atom is 0.238 e. The van der Waals surface area contributed by atoms with E-state index in [1.165, 1.54) is 0 Å². The molecule has 6 heterocycles. The molecular formula is C55H33N7O. The smallest absolute Gasteiger partial charge is 0.238 e. The van der Waals surface area contributed by atoms with E-state index in [1.54, 1.807) is 6.20 Å². The normalized spacial score (nSPS) is 11.8. The van der Waals surface area contributed by atoms with Gasteiger partial charge in [0.15, 0.2) is 17.2 Å². The Kier molecular flexibility index (Phi) is 7.74. The molecule has 0 fully saturated rings. The number of hydrogen-bond donors (Lipinski definition) is 0. The number of aromatic nitrogens is 7. The molecule has 13 aromatic rings. The van der Waals surface area contributed by atoms with Crippen LogP contribution in [0.2, 0.25) is 0 Å². The van der Waals surface area contributed by atoms with Crippen LogP contribution in [0.5, 0.6) is 0 Å². The van der Waals surface area contributed by atoms with Crippen molar-refractivity contribution in [3.05, 3.63) is 200 Å². The predicted molar refractivity (Wildman–Crippen MR) is 253 cm³/mol. The molecule has 8 heteroatoms. The van der Waals surface area contributed by atoms with Crippen molar-refractivity contribution in [3.8, 4) is 56.9 Å². The second-order valence-electron chi connectivity index (χ2n) is 15.7. The first-order valence-electron chi connectivity index (χ1n) is 20.9. The molecule has 0 aliphatic carbocycles. The molecular weight excluding hydrogens is 775 g/mol. The van der Waals surface area contributed by atoms with Crippen LogP contribution in [0.1, 0.15) is 0 Å². The molecule has 0 atom stereocenters. The van der Waals surface area contributed by atoms with E-state index in [-0.39, 0.29) is 0 Å². The number of para-hydroxylation sites is 2. The number of fused-ring (bicyclic) bond motifs is 9. The third kappa shape index (κ3) is 5.66. The maximum atomic E-state index is 6.06. The molecule has 6 aromatic heterocycles. The van der Waals surface area contributed by atoms with Gasteiger partial charge in [-0.3, -0.25) is 14.1 Å². The van der Waals surface area contributed by atoms with E-state index in [2.05, 4.69) is 129 Å². The molecule has 0 spiro atoms. The lowest BCUT2D eigenvalue weighted by Gasteiger charge is -2.11. The second kappa shape index (κ2) is 13.9. The van der Waals surface area contributed by atoms with Gasteiger partial charge in [0.1, 0.15) is 16.9 Å². The number of nitrogens with zero attached hydrogens (tertiary/aromatic N) is 7. The van der Waals surface area contributed by atoms with Gasteiger partial charge in [-0.25, -0.2) is 9.97 Å². The minimum atomic E-state index is 0.570. The fraction of sp³-hybridized carbons (Fsp3) is 0. The van der Waals surface area contributed by atoms with Crippen molar-refractivity contribution >= 4 is 65.7 Å². The van der Waals surface area contributed by atoms with Gasteiger partial charge < -0.3 is 4.42 Å². The van der Waals surface area contributed by atoms with Crippen molar-refractivity contribution in [2.24, 2.45) is 0 Å². The van der Waals surface area contributed by atoms with Crippen molar-refractivity contribution < 1.29 is 4.42 Å². The summed E-state index contributed by atoms with van der Waals surface area (Å²) >= 11 is 0. The van der Waals surface area contributed by atoms with Crippen molar-refractivity contribution in [1.29, 1.82) is 0 Å². The van der Waals surface area contributed by atoms with Crippen molar-refractivity contribution in [3.63, 3.8) is 0 Å². The fourth-order valence-electron chi connectivity index (χ4n) is 9.13. The lowest BCUT2D eigenvalue weighted by atomic mass is 10.0. The Morgan fingerprint density at radius 3 is 1.60 bits per heavy atom. The number of benzene rings is 7. The molecule has 0 aliphatic rings. The summed E-state index contributed by atoms with van der Waals surface area (Å²) in [7, 11) is 0. The second-order valence-corrected chi connectivity index (χ2v) is 15.7. The highest BCUT2D eigenvalue weighted by Crippen LogP contribution is 2.39. The number of furan rings is 1. The summed E-state index contributed by atoms with van der Waals surface area (Å²) in [6, 6.07) is 67.0. The van der Waals surface area contributed by atoms with Crippen LogP contribution in [0.3, 0.4) is 0 Å². The van der Waals surface area contributed by atoms with E-state index in [0.29, 0.717) is 17.6 Å². The fourth-order valence-corrected chi connectivity index (χ4v) is 9.13. The quantitative estimate of drug-likeness (QED) is 0.166. The molecule has 0 saturated heterocycles. The molecule has 0 saturated carbocycles. The minimum absolute atomic E-state index is 0.570. The first kappa shape index (κ1) is 35.0. The van der Waals surface area contributed by atoms with E-state index < -0.39 is 0 Å². The zero-order chi connectivity index (χ0) is 41.4. The van der Waals surface area contributed by atoms with Gasteiger partial charge in [0.2, 0.25) is 5.95 Å². The monoisotopic (exact) mass is 807 g/mol. The Morgan fingerprint density at radius 1 is 0.349 bits per heavy atom. The van der Waals surface area contributed by atoms with Crippen molar-refractivity contribution in [2.75, 3.05) is 0 Å². The average Bonchev–Trinajstić information content (AvgIpc) is 4.01. The van der Waals surface area contributed by atoms with Gasteiger partial charge in [0.05, 0.1) is 27.8 Å². The van der Waals surface area contributed by atoms with E-state index in [9.17, 15) is 0 Å². The SMILES string of the molecule is c1ccc(-c2nc(-c3ccccc3)nc(-n3c4ccccc4c4cc(-c5ccc6c(c5)c5ccccc5n6-c5cccc(-c6ccc7oc8cccnc8c7c6)n5)ccc43)n2)cc1. The summed E-state index contributed by atoms with van der Waals surface area (Å²) in [4.78, 5) is 25.0. The van der Waals surface area contributed by atoms with E-state index in [0.717, 1.165) is 105 Å². The molecule has 8 nitrogen and oxygen atoms in total. The van der Waals surface area contributed by atoms with E-state index in [1.807, 2.05) is 78.9 Å². The van der Waals surface area contributed by atoms with Crippen molar-refractivity contribution in [1.82, 2.24) is 34.1 Å². The average molecular weight is 808 g/mol. The first-order valence-corrected chi connectivity index (χ1v) is 20.9. The van der Waals surface area contributed by atoms with Gasteiger partial charge in [-0.2, -0.15) is 9.97 Å². The Balaban J connectivity index is 0.938. The largest absolute Gasteiger partial charge is 0.454 e. The van der Waals surface area contributed by atoms with Crippen LogP contribution in [0.4, 0.5) is 0 Å². The molecule has 7 aromatic carbocycles. The summed E-state index contributed by atoms with van der Waals surface area (Å²) in [6.07, 6.45) is 1.80. The van der Waals surface area contributed by atoms with Crippen LogP contribution in [-0.2, 0) is 0 Å². The van der Waals surface area contributed by atoms with Crippen LogP contribution in [0, 0.1) is 0 Å². The summed E-state index contributed by atoms with van der Waals surface area (Å²) < 4.78 is 10.5. The van der Waals surface area contributed by atoms with Crippen LogP contribution < -0.4 is 0 Å². The lowest BCUT2D eigenvalue weighted by Crippen LogP contribution is -2.06. The third-order valence-corrected chi connectivity index (χ3v) is 12.1. The van der Waals surface area contributed by atoms with Gasteiger partial charge in [0, 0.05) is 49.8 Å². The lowest BCUT2D eigenvalue weighted by molar-refractivity contribution is 0.668. The summed E-state index contributed by atoms with van der Waals surface area (Å²) in [6.45, 7) is 0. The molecule has 63 heavy (non-hydrogen) atoms. The van der Waals surface area contributed by atoms with Crippen LogP contribution in [0.15, 0.2) is 205 Å². The zero-order valence-corrected chi connectivity index (χ0v) is 33.6. The van der Waals surface area contributed by atoms with E-state index >= 15 is 0 Å². The molecule has 294 valence electrons. The molecule has 0 unspecified atom stereocenters. The topological polar surface area (TPSA) is 87.5 Å². The molecule has 13 rings (SSSR count). The van der Waals surface area contributed by atoms with Gasteiger partial charge in [-0.15, -0.1) is 0 Å². The van der Waals surface area contributed by atoms with Gasteiger partial charge >= 0.3 is 0 Å². The highest BCUT2D eigenvalue weighted by atomic mass is 16.3. The highest BCUT2D eigenvalue weighted by molar-refractivity contribution is 6.12. The van der Waals surface area contributed by atoms with Gasteiger partial charge in [-0.05, 0) is 90.0 Å². The Labute approximate surface area is 360 Å². The molecule has 0 amide bonds. The molecule has 0 aliphatic heterocycles. The standard InChI is InChI=1S/C55H33N7O/c1-3-13-34(14-4-1)53-58-54(35-15-5-2-6-16-35)60-55(59-53)62-46-21-10-8-18-40(46)42-32-37(25-28-48(42)62)36-24-27-47-41(31-36)39-17-7-9-20-45(39)61(47)51-23-11-19-44(57-51)38-26-29-49-43(33-38)52-50(63-49)22-12-30-56-52/h1-33H. The van der Waals surface area contributed by atoms with Crippen LogP contribution >= 0.6 is 0 Å². The van der Waals surface area contributed by atoms with E-state index in [4.69, 9.17) is 24.4 Å². The molecule has 0 radical (unpaired) electrons. The molecule has 0 bridgehead atoms. The third-order valence-electron chi connectivity index (χ3n) is 12.1. The Hall–Kier alpha value is -8.75. The first-order chi connectivity index (χ1) is 31.2. The van der Waals surface area contributed by atoms with Crippen molar-refractivity contribution in [2.45, 2.75) is 0 Å². The van der Waals surface area contributed by atoms with Crippen LogP contribution in [0.25, 0.3) is 123 Å². The summed E-state index contributed by atoms with van der Waals surface area (Å²) in [5, 5.41) is 5.53. The Morgan fingerprint density at radius 2 is 0.921 bits per heavy atom.